The van der Waals surface area contributed by atoms with Gasteiger partial charge >= 0.3 is 6.18 Å². The molecule has 1 amide bonds. The number of hydrogen-bond donors (Lipinski definition) is 0. The number of carbonyl (C=O) groups is 1. The Morgan fingerprint density at radius 1 is 1.06 bits per heavy atom. The van der Waals surface area contributed by atoms with E-state index in [1.165, 1.54) is 6.20 Å². The van der Waals surface area contributed by atoms with Crippen molar-refractivity contribution in [2.24, 2.45) is 5.92 Å². The van der Waals surface area contributed by atoms with Gasteiger partial charge in [0.05, 0.1) is 17.4 Å². The maximum atomic E-state index is 12.8. The SMILES string of the molecule is CN1CCN(C(=O)C2CCN(c3cnn(-c4ccc(C(F)(F)F)cn4)c(=O)c3Cl)CC2)CC1. The summed E-state index contributed by atoms with van der Waals surface area (Å²) in [6.45, 7) is 4.32. The van der Waals surface area contributed by atoms with Crippen LogP contribution in [0.5, 0.6) is 0 Å². The molecule has 0 saturated carbocycles. The predicted molar refractivity (Wildman–Crippen MR) is 117 cm³/mol. The van der Waals surface area contributed by atoms with Gasteiger partial charge in [-0.2, -0.15) is 23.0 Å². The van der Waals surface area contributed by atoms with Gasteiger partial charge in [-0.3, -0.25) is 9.59 Å². The predicted octanol–water partition coefficient (Wildman–Crippen LogP) is 2.29. The van der Waals surface area contributed by atoms with E-state index in [0.29, 0.717) is 37.8 Å². The van der Waals surface area contributed by atoms with Gasteiger partial charge in [0.1, 0.15) is 5.02 Å². The number of aromatic nitrogens is 3. The molecular formula is C21H24ClF3N6O2. The van der Waals surface area contributed by atoms with Crippen molar-refractivity contribution < 1.29 is 18.0 Å². The van der Waals surface area contributed by atoms with Crippen molar-refractivity contribution in [2.75, 3.05) is 51.2 Å². The van der Waals surface area contributed by atoms with Crippen molar-refractivity contribution in [1.29, 1.82) is 0 Å². The molecule has 2 aromatic rings. The number of carbonyl (C=O) groups excluding carboxylic acids is 1. The van der Waals surface area contributed by atoms with Crippen LogP contribution in [0.25, 0.3) is 5.82 Å². The lowest BCUT2D eigenvalue weighted by atomic mass is 9.94. The summed E-state index contributed by atoms with van der Waals surface area (Å²) in [5.41, 5.74) is -1.15. The number of halogens is 4. The highest BCUT2D eigenvalue weighted by Gasteiger charge is 2.32. The lowest BCUT2D eigenvalue weighted by Gasteiger charge is -2.38. The van der Waals surface area contributed by atoms with Crippen LogP contribution in [0, 0.1) is 5.92 Å². The Balaban J connectivity index is 1.44. The fraction of sp³-hybridized carbons (Fsp3) is 0.524. The van der Waals surface area contributed by atoms with Crippen LogP contribution in [-0.4, -0.2) is 76.8 Å². The van der Waals surface area contributed by atoms with Crippen molar-refractivity contribution in [1.82, 2.24) is 24.6 Å². The zero-order valence-electron chi connectivity index (χ0n) is 18.1. The van der Waals surface area contributed by atoms with Crippen LogP contribution in [0.4, 0.5) is 18.9 Å². The highest BCUT2D eigenvalue weighted by Crippen LogP contribution is 2.30. The molecule has 0 N–H and O–H groups in total. The molecule has 2 saturated heterocycles. The van der Waals surface area contributed by atoms with Crippen LogP contribution in [0.2, 0.25) is 5.02 Å². The summed E-state index contributed by atoms with van der Waals surface area (Å²) in [4.78, 5) is 35.3. The summed E-state index contributed by atoms with van der Waals surface area (Å²) in [5.74, 6) is 0.0572. The molecular weight excluding hydrogens is 461 g/mol. The fourth-order valence-corrected chi connectivity index (χ4v) is 4.39. The normalized spacial score (nSPS) is 18.6. The van der Waals surface area contributed by atoms with Gasteiger partial charge in [0.25, 0.3) is 5.56 Å². The zero-order chi connectivity index (χ0) is 23.8. The number of alkyl halides is 3. The number of pyridine rings is 1. The second-order valence-electron chi connectivity index (χ2n) is 8.35. The number of piperidine rings is 1. The number of hydrogen-bond acceptors (Lipinski definition) is 6. The summed E-state index contributed by atoms with van der Waals surface area (Å²) < 4.78 is 39.1. The van der Waals surface area contributed by atoms with Crippen LogP contribution in [0.3, 0.4) is 0 Å². The van der Waals surface area contributed by atoms with E-state index in [1.807, 2.05) is 16.8 Å². The monoisotopic (exact) mass is 484 g/mol. The van der Waals surface area contributed by atoms with E-state index in [2.05, 4.69) is 15.0 Å². The first-order valence-electron chi connectivity index (χ1n) is 10.7. The number of nitrogens with zero attached hydrogens (tertiary/aromatic N) is 6. The minimum atomic E-state index is -4.52. The van der Waals surface area contributed by atoms with Gasteiger partial charge in [-0.05, 0) is 32.0 Å². The second kappa shape index (κ2) is 9.30. The third-order valence-corrected chi connectivity index (χ3v) is 6.55. The summed E-state index contributed by atoms with van der Waals surface area (Å²) >= 11 is 6.32. The number of likely N-dealkylation sites (N-methyl/N-ethyl adjacent to an activating group) is 1. The topological polar surface area (TPSA) is 74.6 Å². The molecule has 2 aliphatic heterocycles. The summed E-state index contributed by atoms with van der Waals surface area (Å²) in [6.07, 6.45) is -1.18. The molecule has 0 atom stereocenters. The van der Waals surface area contributed by atoms with Crippen molar-refractivity contribution >= 4 is 23.2 Å². The molecule has 12 heteroatoms. The molecule has 0 aromatic carbocycles. The Morgan fingerprint density at radius 2 is 1.73 bits per heavy atom. The zero-order valence-corrected chi connectivity index (χ0v) is 18.8. The van der Waals surface area contributed by atoms with Crippen molar-refractivity contribution in [3.63, 3.8) is 0 Å². The van der Waals surface area contributed by atoms with E-state index in [0.717, 1.165) is 43.0 Å². The van der Waals surface area contributed by atoms with E-state index in [1.54, 1.807) is 0 Å². The molecule has 0 unspecified atom stereocenters. The Labute approximate surface area is 193 Å². The van der Waals surface area contributed by atoms with E-state index in [9.17, 15) is 22.8 Å². The Morgan fingerprint density at radius 3 is 2.30 bits per heavy atom. The largest absolute Gasteiger partial charge is 0.417 e. The molecule has 0 aliphatic carbocycles. The molecule has 0 bridgehead atoms. The highest BCUT2D eigenvalue weighted by atomic mass is 35.5. The summed E-state index contributed by atoms with van der Waals surface area (Å²) in [6, 6.07) is 1.91. The highest BCUT2D eigenvalue weighted by molar-refractivity contribution is 6.33. The average Bonchev–Trinajstić information content (AvgIpc) is 2.80. The number of piperazine rings is 1. The first-order valence-corrected chi connectivity index (χ1v) is 11.1. The maximum absolute atomic E-state index is 12.8. The molecule has 4 rings (SSSR count). The quantitative estimate of drug-likeness (QED) is 0.665. The van der Waals surface area contributed by atoms with Gasteiger partial charge in [0.2, 0.25) is 5.91 Å². The van der Waals surface area contributed by atoms with Crippen LogP contribution < -0.4 is 10.5 Å². The van der Waals surface area contributed by atoms with Crippen molar-refractivity contribution in [2.45, 2.75) is 19.0 Å². The van der Waals surface area contributed by atoms with Crippen LogP contribution >= 0.6 is 11.6 Å². The van der Waals surface area contributed by atoms with E-state index < -0.39 is 17.3 Å². The molecule has 0 radical (unpaired) electrons. The molecule has 33 heavy (non-hydrogen) atoms. The number of rotatable bonds is 3. The molecule has 2 aromatic heterocycles. The van der Waals surface area contributed by atoms with Gasteiger partial charge in [0, 0.05) is 51.4 Å². The van der Waals surface area contributed by atoms with Crippen LogP contribution in [0.15, 0.2) is 29.3 Å². The fourth-order valence-electron chi connectivity index (χ4n) is 4.14. The minimum Gasteiger partial charge on any atom is -0.369 e. The van der Waals surface area contributed by atoms with Gasteiger partial charge in [0.15, 0.2) is 5.82 Å². The van der Waals surface area contributed by atoms with Gasteiger partial charge in [-0.1, -0.05) is 11.6 Å². The van der Waals surface area contributed by atoms with Crippen LogP contribution in [0.1, 0.15) is 18.4 Å². The van der Waals surface area contributed by atoms with E-state index in [4.69, 9.17) is 11.6 Å². The maximum Gasteiger partial charge on any atom is 0.417 e. The first-order chi connectivity index (χ1) is 15.6. The summed E-state index contributed by atoms with van der Waals surface area (Å²) in [7, 11) is 2.04. The van der Waals surface area contributed by atoms with Gasteiger partial charge in [-0.15, -0.1) is 0 Å². The molecule has 8 nitrogen and oxygen atoms in total. The Hall–Kier alpha value is -2.66. The van der Waals surface area contributed by atoms with Crippen LogP contribution in [-0.2, 0) is 11.0 Å². The number of anilines is 1. The lowest BCUT2D eigenvalue weighted by molar-refractivity contribution is -0.138. The second-order valence-corrected chi connectivity index (χ2v) is 8.73. The molecule has 4 heterocycles. The molecule has 0 spiro atoms. The average molecular weight is 485 g/mol. The van der Waals surface area contributed by atoms with E-state index in [-0.39, 0.29) is 22.7 Å². The third kappa shape index (κ3) is 4.98. The lowest BCUT2D eigenvalue weighted by Crippen LogP contribution is -2.50. The molecule has 178 valence electrons. The summed E-state index contributed by atoms with van der Waals surface area (Å²) in [5, 5.41) is 3.98. The standard InChI is InChI=1S/C21H24ClF3N6O2/c1-28-8-10-30(11-9-28)19(32)14-4-6-29(7-5-14)16-13-27-31(20(33)18(16)22)17-3-2-15(12-26-17)21(23,24)25/h2-3,12-14H,4-11H2,1H3. The van der Waals surface area contributed by atoms with E-state index >= 15 is 0 Å². The van der Waals surface area contributed by atoms with Gasteiger partial charge < -0.3 is 14.7 Å². The van der Waals surface area contributed by atoms with Crippen molar-refractivity contribution in [3.8, 4) is 5.82 Å². The molecule has 2 aliphatic rings. The first kappa shape index (κ1) is 23.5. The Kier molecular flexibility index (Phi) is 6.62. The number of amides is 1. The minimum absolute atomic E-state index is 0.0575. The third-order valence-electron chi connectivity index (χ3n) is 6.19. The van der Waals surface area contributed by atoms with Crippen molar-refractivity contribution in [3.05, 3.63) is 45.5 Å². The Bertz CT molecular complexity index is 1060. The smallest absolute Gasteiger partial charge is 0.369 e. The van der Waals surface area contributed by atoms with Gasteiger partial charge in [-0.25, -0.2) is 4.98 Å². The molecule has 2 fully saturated rings.